The molecule has 1 unspecified atom stereocenters. The van der Waals surface area contributed by atoms with Crippen LogP contribution in [-0.4, -0.2) is 28.3 Å². The third-order valence-electron chi connectivity index (χ3n) is 2.18. The number of carboxylic acids is 1. The van der Waals surface area contributed by atoms with Gasteiger partial charge in [0.15, 0.2) is 5.82 Å². The van der Waals surface area contributed by atoms with Crippen LogP contribution in [0.1, 0.15) is 26.0 Å². The summed E-state index contributed by atoms with van der Waals surface area (Å²) in [5.41, 5.74) is 0. The summed E-state index contributed by atoms with van der Waals surface area (Å²) in [6.45, 7) is 5.46. The average Bonchev–Trinajstić information content (AvgIpc) is 2.62. The van der Waals surface area contributed by atoms with E-state index < -0.39 is 18.0 Å². The van der Waals surface area contributed by atoms with Gasteiger partial charge in [-0.05, 0) is 19.3 Å². The molecule has 0 bridgehead atoms. The number of aliphatic carboxylic acids is 1. The van der Waals surface area contributed by atoms with Gasteiger partial charge in [-0.25, -0.2) is 9.59 Å². The molecule has 0 fully saturated rings. The number of urea groups is 1. The number of aromatic nitrogens is 1. The molecule has 0 aromatic carbocycles. The molecule has 1 atom stereocenters. The third-order valence-corrected chi connectivity index (χ3v) is 2.18. The lowest BCUT2D eigenvalue weighted by Gasteiger charge is -2.16. The van der Waals surface area contributed by atoms with Crippen molar-refractivity contribution in [3.8, 4) is 0 Å². The van der Waals surface area contributed by atoms with E-state index in [1.165, 1.54) is 6.07 Å². The van der Waals surface area contributed by atoms with Crippen LogP contribution in [0.5, 0.6) is 0 Å². The number of amides is 2. The summed E-state index contributed by atoms with van der Waals surface area (Å²) < 4.78 is 4.77. The van der Waals surface area contributed by atoms with Gasteiger partial charge in [-0.15, -0.1) is 0 Å². The number of anilines is 1. The molecule has 7 heteroatoms. The van der Waals surface area contributed by atoms with Crippen LogP contribution in [0, 0.1) is 12.8 Å². The highest BCUT2D eigenvalue weighted by molar-refractivity contribution is 5.91. The summed E-state index contributed by atoms with van der Waals surface area (Å²) in [6.07, 6.45) is 0.362. The van der Waals surface area contributed by atoms with Crippen LogP contribution in [0.4, 0.5) is 10.6 Å². The minimum atomic E-state index is -1.06. The summed E-state index contributed by atoms with van der Waals surface area (Å²) in [5.74, 6) is -0.0863. The van der Waals surface area contributed by atoms with E-state index in [-0.39, 0.29) is 11.7 Å². The van der Waals surface area contributed by atoms with Crippen molar-refractivity contribution in [1.29, 1.82) is 0 Å². The molecule has 3 N–H and O–H groups in total. The minimum absolute atomic E-state index is 0.167. The maximum absolute atomic E-state index is 11.6. The Morgan fingerprint density at radius 2 is 2.17 bits per heavy atom. The zero-order valence-corrected chi connectivity index (χ0v) is 10.6. The molecule has 0 aliphatic carbocycles. The van der Waals surface area contributed by atoms with E-state index in [0.29, 0.717) is 12.2 Å². The number of carboxylic acid groups (broad SMARTS) is 1. The van der Waals surface area contributed by atoms with Crippen molar-refractivity contribution < 1.29 is 19.2 Å². The number of aryl methyl sites for hydroxylation is 1. The Morgan fingerprint density at radius 1 is 1.50 bits per heavy atom. The molecule has 1 heterocycles. The Bertz CT molecular complexity index is 428. The van der Waals surface area contributed by atoms with Crippen LogP contribution in [0.3, 0.4) is 0 Å². The van der Waals surface area contributed by atoms with Gasteiger partial charge < -0.3 is 14.9 Å². The van der Waals surface area contributed by atoms with E-state index in [1.807, 2.05) is 13.8 Å². The predicted molar refractivity (Wildman–Crippen MR) is 64.3 cm³/mol. The molecule has 0 saturated carbocycles. The number of carbonyl (C=O) groups is 2. The summed E-state index contributed by atoms with van der Waals surface area (Å²) in [7, 11) is 0. The lowest BCUT2D eigenvalue weighted by molar-refractivity contribution is -0.139. The number of nitrogens with zero attached hydrogens (tertiary/aromatic N) is 1. The van der Waals surface area contributed by atoms with Crippen molar-refractivity contribution in [2.24, 2.45) is 5.92 Å². The van der Waals surface area contributed by atoms with Gasteiger partial charge >= 0.3 is 12.0 Å². The molecule has 0 radical (unpaired) electrons. The number of nitrogens with one attached hydrogen (secondary N) is 2. The first kappa shape index (κ1) is 14.0. The van der Waals surface area contributed by atoms with Gasteiger partial charge in [-0.2, -0.15) is 0 Å². The molecule has 0 saturated heterocycles. The Labute approximate surface area is 105 Å². The van der Waals surface area contributed by atoms with E-state index in [4.69, 9.17) is 9.63 Å². The zero-order chi connectivity index (χ0) is 13.7. The largest absolute Gasteiger partial charge is 0.480 e. The summed E-state index contributed by atoms with van der Waals surface area (Å²) >= 11 is 0. The monoisotopic (exact) mass is 255 g/mol. The van der Waals surface area contributed by atoms with Gasteiger partial charge in [0.05, 0.1) is 0 Å². The van der Waals surface area contributed by atoms with Crippen molar-refractivity contribution in [3.63, 3.8) is 0 Å². The maximum atomic E-state index is 11.6. The quantitative estimate of drug-likeness (QED) is 0.741. The van der Waals surface area contributed by atoms with Crippen LogP contribution in [0.15, 0.2) is 10.6 Å². The smallest absolute Gasteiger partial charge is 0.326 e. The fraction of sp³-hybridized carbons (Fsp3) is 0.545. The molecule has 0 aliphatic heterocycles. The highest BCUT2D eigenvalue weighted by atomic mass is 16.5. The zero-order valence-electron chi connectivity index (χ0n) is 10.6. The molecule has 1 rings (SSSR count). The third kappa shape index (κ3) is 4.44. The molecule has 0 spiro atoms. The summed E-state index contributed by atoms with van der Waals surface area (Å²) in [6, 6.07) is 0.00647. The topological polar surface area (TPSA) is 104 Å². The SMILES string of the molecule is Cc1cc(NC(=O)NC(CC(C)C)C(=O)O)no1. The fourth-order valence-corrected chi connectivity index (χ4v) is 1.43. The highest BCUT2D eigenvalue weighted by Crippen LogP contribution is 2.08. The van der Waals surface area contributed by atoms with Gasteiger partial charge in [0, 0.05) is 6.07 Å². The lowest BCUT2D eigenvalue weighted by atomic mass is 10.0. The Hall–Kier alpha value is -2.05. The fourth-order valence-electron chi connectivity index (χ4n) is 1.43. The van der Waals surface area contributed by atoms with Crippen LogP contribution < -0.4 is 10.6 Å². The minimum Gasteiger partial charge on any atom is -0.480 e. The van der Waals surface area contributed by atoms with Crippen LogP contribution >= 0.6 is 0 Å². The number of rotatable bonds is 5. The van der Waals surface area contributed by atoms with Crippen molar-refractivity contribution in [2.75, 3.05) is 5.32 Å². The Kier molecular flexibility index (Phi) is 4.70. The Balaban J connectivity index is 2.53. The maximum Gasteiger partial charge on any atom is 0.326 e. The van der Waals surface area contributed by atoms with Crippen LogP contribution in [0.2, 0.25) is 0 Å². The van der Waals surface area contributed by atoms with Crippen molar-refractivity contribution >= 4 is 17.8 Å². The second-order valence-electron chi connectivity index (χ2n) is 4.44. The molecule has 1 aromatic heterocycles. The van der Waals surface area contributed by atoms with Gasteiger partial charge in [0.2, 0.25) is 0 Å². The van der Waals surface area contributed by atoms with E-state index in [0.717, 1.165) is 0 Å². The number of hydrogen-bond donors (Lipinski definition) is 3. The van der Waals surface area contributed by atoms with E-state index >= 15 is 0 Å². The average molecular weight is 255 g/mol. The number of hydrogen-bond acceptors (Lipinski definition) is 4. The Morgan fingerprint density at radius 3 is 2.61 bits per heavy atom. The van der Waals surface area contributed by atoms with Crippen LogP contribution in [0.25, 0.3) is 0 Å². The predicted octanol–water partition coefficient (Wildman–Crippen LogP) is 1.60. The molecule has 7 nitrogen and oxygen atoms in total. The van der Waals surface area contributed by atoms with E-state index in [1.54, 1.807) is 6.92 Å². The molecule has 2 amide bonds. The first-order chi connectivity index (χ1) is 8.38. The van der Waals surface area contributed by atoms with E-state index in [9.17, 15) is 9.59 Å². The first-order valence-corrected chi connectivity index (χ1v) is 5.62. The van der Waals surface area contributed by atoms with Gasteiger partial charge in [-0.3, -0.25) is 5.32 Å². The molecule has 18 heavy (non-hydrogen) atoms. The highest BCUT2D eigenvalue weighted by Gasteiger charge is 2.21. The van der Waals surface area contributed by atoms with Crippen molar-refractivity contribution in [2.45, 2.75) is 33.2 Å². The van der Waals surface area contributed by atoms with Gasteiger partial charge in [0.25, 0.3) is 0 Å². The molecular formula is C11H17N3O4. The van der Waals surface area contributed by atoms with Crippen molar-refractivity contribution in [3.05, 3.63) is 11.8 Å². The van der Waals surface area contributed by atoms with Crippen LogP contribution in [-0.2, 0) is 4.79 Å². The lowest BCUT2D eigenvalue weighted by Crippen LogP contribution is -2.43. The standard InChI is InChI=1S/C11H17N3O4/c1-6(2)4-8(10(15)16)12-11(17)13-9-5-7(3)18-14-9/h5-6,8H,4H2,1-3H3,(H,15,16)(H2,12,13,14,17). The number of carbonyl (C=O) groups excluding carboxylic acids is 1. The normalized spacial score (nSPS) is 12.2. The molecule has 0 aliphatic rings. The molecule has 100 valence electrons. The second kappa shape index (κ2) is 6.04. The molecular weight excluding hydrogens is 238 g/mol. The summed E-state index contributed by atoms with van der Waals surface area (Å²) in [5, 5.41) is 17.3. The molecule has 1 aromatic rings. The van der Waals surface area contributed by atoms with Gasteiger partial charge in [0.1, 0.15) is 11.8 Å². The van der Waals surface area contributed by atoms with E-state index in [2.05, 4.69) is 15.8 Å². The first-order valence-electron chi connectivity index (χ1n) is 5.62. The van der Waals surface area contributed by atoms with Crippen molar-refractivity contribution in [1.82, 2.24) is 10.5 Å². The van der Waals surface area contributed by atoms with Gasteiger partial charge in [-0.1, -0.05) is 19.0 Å². The second-order valence-corrected chi connectivity index (χ2v) is 4.44. The summed E-state index contributed by atoms with van der Waals surface area (Å²) in [4.78, 5) is 22.5.